The number of hydrogen-bond acceptors (Lipinski definition) is 3. The molecule has 144 valence electrons. The summed E-state index contributed by atoms with van der Waals surface area (Å²) in [5.41, 5.74) is 3.03. The summed E-state index contributed by atoms with van der Waals surface area (Å²) in [5.74, 6) is 8.88. The molecule has 0 saturated heterocycles. The second kappa shape index (κ2) is 7.98. The summed E-state index contributed by atoms with van der Waals surface area (Å²) in [7, 11) is 0. The van der Waals surface area contributed by atoms with Gasteiger partial charge in [0.05, 0.1) is 12.6 Å². The van der Waals surface area contributed by atoms with Crippen molar-refractivity contribution in [2.24, 2.45) is 5.92 Å². The molecule has 1 aliphatic carbocycles. The van der Waals surface area contributed by atoms with Gasteiger partial charge in [0.15, 0.2) is 0 Å². The highest BCUT2D eigenvalue weighted by molar-refractivity contribution is 5.73. The highest BCUT2D eigenvalue weighted by atomic mass is 16.5. The zero-order valence-electron chi connectivity index (χ0n) is 16.3. The predicted molar refractivity (Wildman–Crippen MR) is 108 cm³/mol. The van der Waals surface area contributed by atoms with E-state index in [1.54, 1.807) is 0 Å². The zero-order chi connectivity index (χ0) is 19.5. The fraction of sp³-hybridized carbons (Fsp3) is 0.375. The Morgan fingerprint density at radius 1 is 1.18 bits per heavy atom. The first kappa shape index (κ1) is 18.4. The first-order chi connectivity index (χ1) is 13.6. The van der Waals surface area contributed by atoms with Crippen LogP contribution < -0.4 is 14.8 Å². The minimum Gasteiger partial charge on any atom is -0.493 e. The zero-order valence-corrected chi connectivity index (χ0v) is 16.3. The lowest BCUT2D eigenvalue weighted by atomic mass is 10.0. The van der Waals surface area contributed by atoms with Crippen molar-refractivity contribution < 1.29 is 14.3 Å². The van der Waals surface area contributed by atoms with Gasteiger partial charge in [0, 0.05) is 24.5 Å². The SMILES string of the molecule is CC(=O)N[C@@H](C)[C@@H]1Cc2ccc(C#Cc3ccc(OCC4CC4)cc3)cc2O1. The number of rotatable bonds is 5. The van der Waals surface area contributed by atoms with Crippen LogP contribution in [0.2, 0.25) is 0 Å². The normalized spacial score (nSPS) is 18.3. The lowest BCUT2D eigenvalue weighted by molar-refractivity contribution is -0.120. The summed E-state index contributed by atoms with van der Waals surface area (Å²) in [6.45, 7) is 4.32. The predicted octanol–water partition coefficient (Wildman–Crippen LogP) is 3.70. The maximum Gasteiger partial charge on any atom is 0.217 e. The van der Waals surface area contributed by atoms with Crippen molar-refractivity contribution in [1.29, 1.82) is 0 Å². The van der Waals surface area contributed by atoms with E-state index >= 15 is 0 Å². The molecule has 2 aromatic rings. The monoisotopic (exact) mass is 375 g/mol. The van der Waals surface area contributed by atoms with Crippen LogP contribution in [0.3, 0.4) is 0 Å². The second-order valence-corrected chi connectivity index (χ2v) is 7.70. The molecule has 4 heteroatoms. The van der Waals surface area contributed by atoms with E-state index < -0.39 is 0 Å². The molecule has 28 heavy (non-hydrogen) atoms. The average Bonchev–Trinajstić information content (AvgIpc) is 3.41. The van der Waals surface area contributed by atoms with Crippen LogP contribution >= 0.6 is 0 Å². The van der Waals surface area contributed by atoms with Gasteiger partial charge in [0.1, 0.15) is 17.6 Å². The number of amides is 1. The molecule has 1 aliphatic heterocycles. The minimum absolute atomic E-state index is 0.0277. The molecule has 2 aromatic carbocycles. The lowest BCUT2D eigenvalue weighted by Crippen LogP contribution is -2.42. The Kier molecular flexibility index (Phi) is 5.25. The van der Waals surface area contributed by atoms with E-state index in [9.17, 15) is 4.79 Å². The number of carbonyl (C=O) groups excluding carboxylic acids is 1. The van der Waals surface area contributed by atoms with Crippen LogP contribution in [0.25, 0.3) is 0 Å². The average molecular weight is 375 g/mol. The van der Waals surface area contributed by atoms with Crippen LogP contribution in [0, 0.1) is 17.8 Å². The Morgan fingerprint density at radius 3 is 2.61 bits per heavy atom. The van der Waals surface area contributed by atoms with Crippen LogP contribution in [0.4, 0.5) is 0 Å². The quantitative estimate of drug-likeness (QED) is 0.811. The number of ether oxygens (including phenoxy) is 2. The van der Waals surface area contributed by atoms with Gasteiger partial charge in [-0.3, -0.25) is 4.79 Å². The van der Waals surface area contributed by atoms with E-state index in [0.717, 1.165) is 47.1 Å². The molecule has 1 fully saturated rings. The van der Waals surface area contributed by atoms with E-state index in [1.165, 1.54) is 19.8 Å². The van der Waals surface area contributed by atoms with Crippen molar-refractivity contribution in [3.8, 4) is 23.3 Å². The van der Waals surface area contributed by atoms with Crippen molar-refractivity contribution in [2.45, 2.75) is 45.3 Å². The molecule has 2 atom stereocenters. The molecule has 1 amide bonds. The smallest absolute Gasteiger partial charge is 0.217 e. The Balaban J connectivity index is 1.38. The third-order valence-corrected chi connectivity index (χ3v) is 5.14. The third kappa shape index (κ3) is 4.67. The fourth-order valence-corrected chi connectivity index (χ4v) is 3.30. The molecule has 0 bridgehead atoms. The molecule has 2 aliphatic rings. The van der Waals surface area contributed by atoms with Crippen molar-refractivity contribution >= 4 is 5.91 Å². The molecule has 0 aromatic heterocycles. The summed E-state index contributed by atoms with van der Waals surface area (Å²) < 4.78 is 11.8. The Morgan fingerprint density at radius 2 is 1.89 bits per heavy atom. The van der Waals surface area contributed by atoms with Gasteiger partial charge in [-0.2, -0.15) is 0 Å². The number of carbonyl (C=O) groups is 1. The lowest BCUT2D eigenvalue weighted by Gasteiger charge is -2.19. The highest BCUT2D eigenvalue weighted by Crippen LogP contribution is 2.31. The van der Waals surface area contributed by atoms with Crippen LogP contribution in [0.1, 0.15) is 43.4 Å². The third-order valence-electron chi connectivity index (χ3n) is 5.14. The Labute approximate surface area is 166 Å². The Bertz CT molecular complexity index is 919. The van der Waals surface area contributed by atoms with Crippen LogP contribution in [0.5, 0.6) is 11.5 Å². The molecule has 1 N–H and O–H groups in total. The second-order valence-electron chi connectivity index (χ2n) is 7.70. The molecule has 1 saturated carbocycles. The van der Waals surface area contributed by atoms with Gasteiger partial charge >= 0.3 is 0 Å². The van der Waals surface area contributed by atoms with Gasteiger partial charge < -0.3 is 14.8 Å². The fourth-order valence-electron chi connectivity index (χ4n) is 3.30. The van der Waals surface area contributed by atoms with Gasteiger partial charge in [-0.15, -0.1) is 0 Å². The van der Waals surface area contributed by atoms with E-state index in [4.69, 9.17) is 9.47 Å². The van der Waals surface area contributed by atoms with Crippen LogP contribution in [-0.4, -0.2) is 24.7 Å². The van der Waals surface area contributed by atoms with Crippen molar-refractivity contribution in [1.82, 2.24) is 5.32 Å². The van der Waals surface area contributed by atoms with Gasteiger partial charge in [0.2, 0.25) is 5.91 Å². The molecule has 0 unspecified atom stereocenters. The van der Waals surface area contributed by atoms with Gasteiger partial charge in [-0.25, -0.2) is 0 Å². The van der Waals surface area contributed by atoms with Crippen LogP contribution in [0.15, 0.2) is 42.5 Å². The van der Waals surface area contributed by atoms with Gasteiger partial charge in [0.25, 0.3) is 0 Å². The minimum atomic E-state index is -0.0393. The molecule has 1 heterocycles. The van der Waals surface area contributed by atoms with E-state index in [2.05, 4.69) is 23.2 Å². The van der Waals surface area contributed by atoms with Crippen LogP contribution in [-0.2, 0) is 11.2 Å². The number of hydrogen-bond donors (Lipinski definition) is 1. The summed E-state index contributed by atoms with van der Waals surface area (Å²) in [6.07, 6.45) is 3.35. The summed E-state index contributed by atoms with van der Waals surface area (Å²) >= 11 is 0. The topological polar surface area (TPSA) is 47.6 Å². The van der Waals surface area contributed by atoms with Crippen molar-refractivity contribution in [3.05, 3.63) is 59.2 Å². The van der Waals surface area contributed by atoms with Gasteiger partial charge in [-0.05, 0) is 67.6 Å². The number of nitrogens with one attached hydrogen (secondary N) is 1. The molecule has 4 rings (SSSR count). The molecule has 0 spiro atoms. The molecule has 4 nitrogen and oxygen atoms in total. The number of benzene rings is 2. The first-order valence-corrected chi connectivity index (χ1v) is 9.88. The highest BCUT2D eigenvalue weighted by Gasteiger charge is 2.28. The van der Waals surface area contributed by atoms with E-state index in [-0.39, 0.29) is 18.1 Å². The Hall–Kier alpha value is -2.93. The van der Waals surface area contributed by atoms with Crippen molar-refractivity contribution in [3.63, 3.8) is 0 Å². The van der Waals surface area contributed by atoms with E-state index in [1.807, 2.05) is 43.3 Å². The largest absolute Gasteiger partial charge is 0.493 e. The van der Waals surface area contributed by atoms with E-state index in [0.29, 0.717) is 0 Å². The molecular weight excluding hydrogens is 350 g/mol. The summed E-state index contributed by atoms with van der Waals surface area (Å²) in [4.78, 5) is 11.3. The van der Waals surface area contributed by atoms with Crippen molar-refractivity contribution in [2.75, 3.05) is 6.61 Å². The first-order valence-electron chi connectivity index (χ1n) is 9.88. The number of fused-ring (bicyclic) bond motifs is 1. The maximum atomic E-state index is 11.3. The van der Waals surface area contributed by atoms with Gasteiger partial charge in [-0.1, -0.05) is 17.9 Å². The summed E-state index contributed by atoms with van der Waals surface area (Å²) in [5, 5.41) is 2.90. The summed E-state index contributed by atoms with van der Waals surface area (Å²) in [6, 6.07) is 14.0. The molecular formula is C24H25NO3. The molecule has 0 radical (unpaired) electrons. The standard InChI is InChI=1S/C24H25NO3/c1-16(25-17(2)26)23-14-21-10-7-19(13-24(21)28-23)4-3-18-8-11-22(12-9-18)27-15-20-5-6-20/h7-13,16,20,23H,5-6,14-15H2,1-2H3,(H,25,26)/t16-,23-/m0/s1. The maximum absolute atomic E-state index is 11.3.